The Labute approximate surface area is 345 Å². The van der Waals surface area contributed by atoms with Crippen LogP contribution in [0.25, 0.3) is 0 Å². The molecule has 7 aromatic rings. The van der Waals surface area contributed by atoms with Gasteiger partial charge in [0.2, 0.25) is 0 Å². The molecule has 59 heavy (non-hydrogen) atoms. The van der Waals surface area contributed by atoms with Crippen molar-refractivity contribution < 1.29 is 38.5 Å². The summed E-state index contributed by atoms with van der Waals surface area (Å²) in [5, 5.41) is 22.1. The van der Waals surface area contributed by atoms with Crippen molar-refractivity contribution in [3.8, 4) is 28.7 Å². The second-order valence-electron chi connectivity index (χ2n) is 14.3. The summed E-state index contributed by atoms with van der Waals surface area (Å²) < 4.78 is 39.4. The monoisotopic (exact) mass is 784 g/mol. The minimum Gasteiger partial charge on any atom is -0.489 e. The Morgan fingerprint density at radius 3 is 1.36 bits per heavy atom. The Morgan fingerprint density at radius 1 is 0.458 bits per heavy atom. The minimum atomic E-state index is -1.92. The lowest BCUT2D eigenvalue weighted by Gasteiger charge is -2.36. The molecule has 0 unspecified atom stereocenters. The first-order valence-corrected chi connectivity index (χ1v) is 19.8. The molecule has 9 heteroatoms. The standard InChI is InChI=1S/C50H45BO8/c52-51(53)48-46(57-34-39-22-12-4-13-23-39)30-44(55-32-37-18-8-2-9-19-37)42-29-47(58-35-40-24-14-5-15-25-40)49(59-50(42)48)41-26-27-43(54-31-36-16-6-1-7-17-36)45(28-41)56-33-38-20-10-3-11-21-38/h1-28,30,47,49,52-53H,29,31-35H2/t47-,49+/m0/s1. The Hall–Kier alpha value is -6.52. The van der Waals surface area contributed by atoms with E-state index in [2.05, 4.69) is 0 Å². The van der Waals surface area contributed by atoms with Gasteiger partial charge in [-0.15, -0.1) is 0 Å². The molecule has 1 aliphatic rings. The minimum absolute atomic E-state index is 0.109. The topological polar surface area (TPSA) is 95.8 Å². The van der Waals surface area contributed by atoms with Crippen molar-refractivity contribution in [3.05, 3.63) is 215 Å². The van der Waals surface area contributed by atoms with E-state index >= 15 is 0 Å². The summed E-state index contributed by atoms with van der Waals surface area (Å²) in [6.07, 6.45) is -0.904. The van der Waals surface area contributed by atoms with E-state index in [-0.39, 0.29) is 30.2 Å². The second kappa shape index (κ2) is 19.3. The second-order valence-corrected chi connectivity index (χ2v) is 14.3. The van der Waals surface area contributed by atoms with Crippen LogP contribution in [0.2, 0.25) is 0 Å². The van der Waals surface area contributed by atoms with Crippen LogP contribution in [0.1, 0.15) is 45.0 Å². The summed E-state index contributed by atoms with van der Waals surface area (Å²) in [5.74, 6) is 2.12. The van der Waals surface area contributed by atoms with Gasteiger partial charge >= 0.3 is 7.12 Å². The van der Waals surface area contributed by atoms with E-state index < -0.39 is 19.3 Å². The molecule has 0 fully saturated rings. The molecule has 296 valence electrons. The summed E-state index contributed by atoms with van der Waals surface area (Å²) in [6, 6.07) is 57.0. The number of benzene rings is 7. The van der Waals surface area contributed by atoms with Gasteiger partial charge in [0.05, 0.1) is 12.1 Å². The van der Waals surface area contributed by atoms with Crippen LogP contribution < -0.4 is 29.1 Å². The molecule has 8 rings (SSSR count). The van der Waals surface area contributed by atoms with Crippen molar-refractivity contribution in [2.75, 3.05) is 0 Å². The van der Waals surface area contributed by atoms with Gasteiger partial charge in [-0.3, -0.25) is 0 Å². The molecular weight excluding hydrogens is 739 g/mol. The third-order valence-corrected chi connectivity index (χ3v) is 10.1. The fraction of sp³-hybridized carbons (Fsp3) is 0.160. The largest absolute Gasteiger partial charge is 0.496 e. The SMILES string of the molecule is OB(O)c1c(OCc2ccccc2)cc(OCc2ccccc2)c2c1O[C@H](c1ccc(OCc3ccccc3)c(OCc3ccccc3)c1)[C@@H](OCc1ccccc1)C2. The third kappa shape index (κ3) is 10.1. The molecule has 0 radical (unpaired) electrons. The first-order valence-electron chi connectivity index (χ1n) is 19.8. The van der Waals surface area contributed by atoms with E-state index in [0.717, 1.165) is 33.4 Å². The number of hydrogen-bond acceptors (Lipinski definition) is 8. The van der Waals surface area contributed by atoms with Gasteiger partial charge in [-0.05, 0) is 45.5 Å². The predicted molar refractivity (Wildman–Crippen MR) is 228 cm³/mol. The van der Waals surface area contributed by atoms with Gasteiger partial charge in [0.25, 0.3) is 0 Å². The van der Waals surface area contributed by atoms with E-state index in [9.17, 15) is 10.0 Å². The molecule has 0 bridgehead atoms. The Bertz CT molecular complexity index is 2380. The van der Waals surface area contributed by atoms with Crippen LogP contribution in [0.3, 0.4) is 0 Å². The molecule has 2 atom stereocenters. The van der Waals surface area contributed by atoms with Crippen LogP contribution in [0.4, 0.5) is 0 Å². The maximum atomic E-state index is 11.0. The smallest absolute Gasteiger partial charge is 0.489 e. The normalized spacial score (nSPS) is 14.4. The zero-order valence-electron chi connectivity index (χ0n) is 32.6. The first-order chi connectivity index (χ1) is 29.1. The van der Waals surface area contributed by atoms with Crippen molar-refractivity contribution in [1.82, 2.24) is 0 Å². The maximum absolute atomic E-state index is 11.0. The molecule has 7 aromatic carbocycles. The third-order valence-electron chi connectivity index (χ3n) is 10.1. The lowest BCUT2D eigenvalue weighted by Crippen LogP contribution is -2.40. The van der Waals surface area contributed by atoms with E-state index in [1.54, 1.807) is 6.07 Å². The molecule has 0 amide bonds. The fourth-order valence-electron chi connectivity index (χ4n) is 7.08. The number of fused-ring (bicyclic) bond motifs is 1. The molecule has 0 saturated carbocycles. The van der Waals surface area contributed by atoms with Crippen LogP contribution in [0, 0.1) is 0 Å². The summed E-state index contributed by atoms with van der Waals surface area (Å²) >= 11 is 0. The first kappa shape index (κ1) is 39.3. The summed E-state index contributed by atoms with van der Waals surface area (Å²) in [5.41, 5.74) is 6.44. The van der Waals surface area contributed by atoms with Crippen molar-refractivity contribution in [3.63, 3.8) is 0 Å². The van der Waals surface area contributed by atoms with Gasteiger partial charge in [0.1, 0.15) is 49.8 Å². The zero-order chi connectivity index (χ0) is 40.2. The average molecular weight is 785 g/mol. The molecular formula is C50H45BO8. The zero-order valence-corrected chi connectivity index (χ0v) is 32.6. The molecule has 8 nitrogen and oxygen atoms in total. The highest BCUT2D eigenvalue weighted by atomic mass is 16.6. The number of hydrogen-bond donors (Lipinski definition) is 2. The maximum Gasteiger partial charge on any atom is 0.496 e. The summed E-state index contributed by atoms with van der Waals surface area (Å²) in [7, 11) is -1.92. The molecule has 1 heterocycles. The van der Waals surface area contributed by atoms with E-state index in [0.29, 0.717) is 49.1 Å². The van der Waals surface area contributed by atoms with Crippen molar-refractivity contribution >= 4 is 12.6 Å². The number of ether oxygens (including phenoxy) is 6. The van der Waals surface area contributed by atoms with Crippen molar-refractivity contribution in [1.29, 1.82) is 0 Å². The average Bonchev–Trinajstić information content (AvgIpc) is 3.29. The highest BCUT2D eigenvalue weighted by molar-refractivity contribution is 6.61. The van der Waals surface area contributed by atoms with Crippen LogP contribution >= 0.6 is 0 Å². The molecule has 0 saturated heterocycles. The van der Waals surface area contributed by atoms with Gasteiger partial charge in [-0.25, -0.2) is 0 Å². The van der Waals surface area contributed by atoms with Gasteiger partial charge in [-0.1, -0.05) is 158 Å². The van der Waals surface area contributed by atoms with Crippen LogP contribution in [-0.2, 0) is 44.2 Å². The van der Waals surface area contributed by atoms with Crippen molar-refractivity contribution in [2.24, 2.45) is 0 Å². The van der Waals surface area contributed by atoms with Gasteiger partial charge in [-0.2, -0.15) is 0 Å². The van der Waals surface area contributed by atoms with E-state index in [4.69, 9.17) is 28.4 Å². The van der Waals surface area contributed by atoms with E-state index in [1.807, 2.05) is 170 Å². The van der Waals surface area contributed by atoms with Gasteiger partial charge in [0.15, 0.2) is 17.6 Å². The van der Waals surface area contributed by atoms with E-state index in [1.165, 1.54) is 0 Å². The quantitative estimate of drug-likeness (QED) is 0.0885. The molecule has 0 aromatic heterocycles. The Morgan fingerprint density at radius 2 is 0.881 bits per heavy atom. The number of rotatable bonds is 17. The van der Waals surface area contributed by atoms with Gasteiger partial charge < -0.3 is 38.5 Å². The summed E-state index contributed by atoms with van der Waals surface area (Å²) in [4.78, 5) is 0. The highest BCUT2D eigenvalue weighted by Crippen LogP contribution is 2.45. The van der Waals surface area contributed by atoms with Crippen LogP contribution in [0.15, 0.2) is 176 Å². The predicted octanol–water partition coefficient (Wildman–Crippen LogP) is 8.94. The molecule has 0 spiro atoms. The summed E-state index contributed by atoms with van der Waals surface area (Å²) in [6.45, 7) is 1.46. The van der Waals surface area contributed by atoms with Crippen LogP contribution in [0.5, 0.6) is 28.7 Å². The molecule has 2 N–H and O–H groups in total. The van der Waals surface area contributed by atoms with Crippen LogP contribution in [-0.4, -0.2) is 23.3 Å². The lowest BCUT2D eigenvalue weighted by molar-refractivity contribution is -0.0464. The molecule has 0 aliphatic carbocycles. The molecule has 1 aliphatic heterocycles. The lowest BCUT2D eigenvalue weighted by atomic mass is 9.76. The van der Waals surface area contributed by atoms with Gasteiger partial charge in [0, 0.05) is 18.1 Å². The fourth-order valence-corrected chi connectivity index (χ4v) is 7.08. The highest BCUT2D eigenvalue weighted by Gasteiger charge is 2.39. The van der Waals surface area contributed by atoms with Crippen molar-refractivity contribution in [2.45, 2.75) is 51.7 Å². The Balaban J connectivity index is 1.19. The Kier molecular flexibility index (Phi) is 12.9.